The van der Waals surface area contributed by atoms with E-state index in [1.165, 1.54) is 26.6 Å². The lowest BCUT2D eigenvalue weighted by molar-refractivity contribution is -0.156. The van der Waals surface area contributed by atoms with Crippen molar-refractivity contribution in [1.29, 1.82) is 0 Å². The van der Waals surface area contributed by atoms with Crippen molar-refractivity contribution in [3.63, 3.8) is 0 Å². The zero-order chi connectivity index (χ0) is 25.0. The maximum Gasteiger partial charge on any atom is 0.328 e. The number of carbonyl (C=O) groups is 5. The molecule has 3 saturated heterocycles. The molecule has 12 heteroatoms. The Bertz CT molecular complexity index is 826. The summed E-state index contributed by atoms with van der Waals surface area (Å²) in [5, 5.41) is 2.72. The Hall–Kier alpha value is -2.34. The highest BCUT2D eigenvalue weighted by Gasteiger charge is 2.43. The van der Waals surface area contributed by atoms with Gasteiger partial charge in [0.2, 0.25) is 23.6 Å². The van der Waals surface area contributed by atoms with Crippen LogP contribution in [0.15, 0.2) is 0 Å². The van der Waals surface area contributed by atoms with Crippen LogP contribution in [0.2, 0.25) is 0 Å². The molecule has 3 aliphatic heterocycles. The molecule has 0 aromatic carbocycles. The molecule has 4 amide bonds. The molecule has 5 unspecified atom stereocenters. The van der Waals surface area contributed by atoms with Crippen LogP contribution in [0.4, 0.5) is 0 Å². The maximum atomic E-state index is 13.4. The van der Waals surface area contributed by atoms with Gasteiger partial charge in [0, 0.05) is 26.7 Å². The number of ether oxygens (including phenoxy) is 1. The fourth-order valence-electron chi connectivity index (χ4n) is 4.89. The van der Waals surface area contributed by atoms with Gasteiger partial charge < -0.3 is 24.8 Å². The van der Waals surface area contributed by atoms with Crippen LogP contribution in [0, 0.1) is 5.92 Å². The summed E-state index contributed by atoms with van der Waals surface area (Å²) >= 11 is 1.32. The Balaban J connectivity index is 1.90. The molecule has 2 N–H and O–H groups in total. The molecule has 34 heavy (non-hydrogen) atoms. The molecule has 3 heterocycles. The van der Waals surface area contributed by atoms with E-state index in [9.17, 15) is 24.0 Å². The van der Waals surface area contributed by atoms with Crippen LogP contribution >= 0.6 is 11.9 Å². The third-order valence-electron chi connectivity index (χ3n) is 6.75. The van der Waals surface area contributed by atoms with Gasteiger partial charge in [-0.2, -0.15) is 0 Å². The Morgan fingerprint density at radius 1 is 1.09 bits per heavy atom. The molecule has 0 radical (unpaired) electrons. The topological polar surface area (TPSA) is 128 Å². The van der Waals surface area contributed by atoms with E-state index in [0.717, 1.165) is 0 Å². The SMILES string of the molecule is CSNCC1C(=O)NC(C)C(=O)N2CCCC2C(=O)OCCC(=O)N2CC(C)CC2C(=O)N1C. The summed E-state index contributed by atoms with van der Waals surface area (Å²) in [6, 6.07) is -3.17. The summed E-state index contributed by atoms with van der Waals surface area (Å²) in [5.41, 5.74) is 0. The lowest BCUT2D eigenvalue weighted by atomic mass is 10.1. The van der Waals surface area contributed by atoms with Crippen molar-refractivity contribution < 1.29 is 28.7 Å². The van der Waals surface area contributed by atoms with E-state index in [1.54, 1.807) is 14.0 Å². The van der Waals surface area contributed by atoms with Crippen molar-refractivity contribution in [3.05, 3.63) is 0 Å². The van der Waals surface area contributed by atoms with Crippen molar-refractivity contribution in [2.45, 2.75) is 63.7 Å². The molecule has 3 fully saturated rings. The van der Waals surface area contributed by atoms with E-state index < -0.39 is 36.0 Å². The van der Waals surface area contributed by atoms with E-state index in [-0.39, 0.29) is 43.2 Å². The molecule has 3 rings (SSSR count). The van der Waals surface area contributed by atoms with E-state index in [2.05, 4.69) is 10.0 Å². The Morgan fingerprint density at radius 2 is 1.82 bits per heavy atom. The van der Waals surface area contributed by atoms with Crippen molar-refractivity contribution in [3.8, 4) is 0 Å². The first-order chi connectivity index (χ1) is 16.1. The van der Waals surface area contributed by atoms with Gasteiger partial charge in [0.15, 0.2) is 0 Å². The van der Waals surface area contributed by atoms with Crippen molar-refractivity contribution in [2.75, 3.05) is 39.5 Å². The summed E-state index contributed by atoms with van der Waals surface area (Å²) in [6.07, 6.45) is 3.39. The molecule has 0 aromatic heterocycles. The minimum Gasteiger partial charge on any atom is -0.464 e. The van der Waals surface area contributed by atoms with Gasteiger partial charge in [-0.1, -0.05) is 18.9 Å². The first-order valence-electron chi connectivity index (χ1n) is 11.7. The van der Waals surface area contributed by atoms with Gasteiger partial charge in [0.25, 0.3) is 0 Å². The smallest absolute Gasteiger partial charge is 0.328 e. The summed E-state index contributed by atoms with van der Waals surface area (Å²) < 4.78 is 8.37. The molecule has 0 bridgehead atoms. The second-order valence-electron chi connectivity index (χ2n) is 9.26. The Kier molecular flexibility index (Phi) is 8.80. The van der Waals surface area contributed by atoms with E-state index in [4.69, 9.17) is 4.74 Å². The second kappa shape index (κ2) is 11.4. The van der Waals surface area contributed by atoms with Crippen molar-refractivity contribution in [2.24, 2.45) is 5.92 Å². The standard InChI is InChI=1S/C22H35N5O6S/c1-13-10-16-21(31)25(3)17(11-23-34-4)19(29)24-14(2)20(30)26-8-5-6-15(26)22(32)33-9-7-18(28)27(16)12-13/h13-17,23H,5-12H2,1-4H3,(H,24,29). The highest BCUT2D eigenvalue weighted by atomic mass is 32.2. The zero-order valence-corrected chi connectivity index (χ0v) is 21.1. The van der Waals surface area contributed by atoms with Crippen LogP contribution in [0.3, 0.4) is 0 Å². The van der Waals surface area contributed by atoms with Crippen molar-refractivity contribution in [1.82, 2.24) is 24.7 Å². The Labute approximate surface area is 204 Å². The highest BCUT2D eigenvalue weighted by molar-refractivity contribution is 7.96. The van der Waals surface area contributed by atoms with Crippen molar-refractivity contribution >= 4 is 41.5 Å². The van der Waals surface area contributed by atoms with Gasteiger partial charge in [0.05, 0.1) is 6.42 Å². The number of hydrogen-bond donors (Lipinski definition) is 2. The quantitative estimate of drug-likeness (QED) is 0.389. The van der Waals surface area contributed by atoms with Gasteiger partial charge in [-0.25, -0.2) is 4.79 Å². The van der Waals surface area contributed by atoms with Gasteiger partial charge in [-0.15, -0.1) is 0 Å². The maximum absolute atomic E-state index is 13.4. The Morgan fingerprint density at radius 3 is 2.53 bits per heavy atom. The van der Waals surface area contributed by atoms with Crippen LogP contribution in [0.1, 0.15) is 39.5 Å². The summed E-state index contributed by atoms with van der Waals surface area (Å²) in [5.74, 6) is -1.88. The highest BCUT2D eigenvalue weighted by Crippen LogP contribution is 2.26. The first-order valence-corrected chi connectivity index (χ1v) is 13.0. The number of likely N-dealkylation sites (N-methyl/N-ethyl adjacent to an activating group) is 1. The third-order valence-corrected chi connectivity index (χ3v) is 7.21. The number of esters is 1. The number of nitrogens with zero attached hydrogens (tertiary/aromatic N) is 3. The number of carbonyl (C=O) groups excluding carboxylic acids is 5. The van der Waals surface area contributed by atoms with Gasteiger partial charge in [-0.3, -0.25) is 23.9 Å². The van der Waals surface area contributed by atoms with Crippen LogP contribution < -0.4 is 10.0 Å². The largest absolute Gasteiger partial charge is 0.464 e. The molecule has 190 valence electrons. The lowest BCUT2D eigenvalue weighted by Gasteiger charge is -2.34. The number of rotatable bonds is 3. The zero-order valence-electron chi connectivity index (χ0n) is 20.2. The summed E-state index contributed by atoms with van der Waals surface area (Å²) in [6.45, 7) is 4.43. The van der Waals surface area contributed by atoms with Gasteiger partial charge >= 0.3 is 5.97 Å². The number of fused-ring (bicyclic) bond motifs is 2. The van der Waals surface area contributed by atoms with E-state index in [1.807, 2.05) is 13.2 Å². The molecular formula is C22H35N5O6S. The number of nitrogens with one attached hydrogen (secondary N) is 2. The molecule has 0 spiro atoms. The predicted molar refractivity (Wildman–Crippen MR) is 125 cm³/mol. The summed E-state index contributed by atoms with van der Waals surface area (Å²) in [7, 11) is 1.55. The van der Waals surface area contributed by atoms with Crippen LogP contribution in [-0.4, -0.2) is 108 Å². The number of hydrogen-bond acceptors (Lipinski definition) is 8. The molecule has 0 aromatic rings. The second-order valence-corrected chi connectivity index (χ2v) is 9.95. The average molecular weight is 498 g/mol. The predicted octanol–water partition coefficient (Wildman–Crippen LogP) is -0.639. The summed E-state index contributed by atoms with van der Waals surface area (Å²) in [4.78, 5) is 69.6. The molecule has 0 saturated carbocycles. The molecule has 5 atom stereocenters. The average Bonchev–Trinajstić information content (AvgIpc) is 3.44. The third kappa shape index (κ3) is 5.65. The monoisotopic (exact) mass is 497 g/mol. The fraction of sp³-hybridized carbons (Fsp3) is 0.773. The normalized spacial score (nSPS) is 31.9. The molecular weight excluding hydrogens is 462 g/mol. The molecule has 3 aliphatic rings. The number of cyclic esters (lactones) is 1. The van der Waals surface area contributed by atoms with E-state index >= 15 is 0 Å². The minimum atomic E-state index is -0.879. The molecule has 0 aliphatic carbocycles. The lowest BCUT2D eigenvalue weighted by Crippen LogP contribution is -2.59. The number of amides is 4. The van der Waals surface area contributed by atoms with Crippen LogP contribution in [0.25, 0.3) is 0 Å². The minimum absolute atomic E-state index is 0.0407. The van der Waals surface area contributed by atoms with E-state index in [0.29, 0.717) is 32.4 Å². The van der Waals surface area contributed by atoms with Gasteiger partial charge in [-0.05, 0) is 38.4 Å². The fourth-order valence-corrected chi connectivity index (χ4v) is 5.21. The van der Waals surface area contributed by atoms with Crippen LogP contribution in [0.5, 0.6) is 0 Å². The van der Waals surface area contributed by atoms with Gasteiger partial charge in [0.1, 0.15) is 30.8 Å². The van der Waals surface area contributed by atoms with Crippen LogP contribution in [-0.2, 0) is 28.7 Å². The first kappa shape index (κ1) is 26.3. The molecule has 11 nitrogen and oxygen atoms in total.